The second-order valence-corrected chi connectivity index (χ2v) is 6.00. The van der Waals surface area contributed by atoms with Crippen molar-refractivity contribution in [2.75, 3.05) is 26.8 Å². The van der Waals surface area contributed by atoms with E-state index in [1.807, 2.05) is 18.2 Å². The molecule has 1 unspecified atom stereocenters. The lowest BCUT2D eigenvalue weighted by Gasteiger charge is -2.18. The van der Waals surface area contributed by atoms with Gasteiger partial charge in [0.25, 0.3) is 0 Å². The average molecular weight is 335 g/mol. The molecule has 1 atom stereocenters. The van der Waals surface area contributed by atoms with Gasteiger partial charge in [0.1, 0.15) is 11.5 Å². The molecule has 1 aliphatic heterocycles. The van der Waals surface area contributed by atoms with Crippen LogP contribution in [0.5, 0.6) is 11.5 Å². The third kappa shape index (κ3) is 4.63. The van der Waals surface area contributed by atoms with E-state index in [0.29, 0.717) is 19.6 Å². The van der Waals surface area contributed by atoms with Gasteiger partial charge in [0.15, 0.2) is 0 Å². The van der Waals surface area contributed by atoms with Crippen molar-refractivity contribution >= 4 is 11.9 Å². The first-order valence-electron chi connectivity index (χ1n) is 8.35. The Hall–Kier alpha value is -2.24. The average Bonchev–Trinajstić information content (AvgIpc) is 2.95. The van der Waals surface area contributed by atoms with Crippen LogP contribution in [-0.2, 0) is 16.0 Å². The molecule has 1 aromatic rings. The van der Waals surface area contributed by atoms with Gasteiger partial charge in [0.2, 0.25) is 5.91 Å². The Morgan fingerprint density at radius 3 is 2.83 bits per heavy atom. The van der Waals surface area contributed by atoms with Crippen LogP contribution >= 0.6 is 0 Å². The van der Waals surface area contributed by atoms with Crippen LogP contribution in [0.2, 0.25) is 0 Å². The predicted octanol–water partition coefficient (Wildman–Crippen LogP) is 2.35. The van der Waals surface area contributed by atoms with Crippen molar-refractivity contribution in [2.24, 2.45) is 5.92 Å². The molecule has 0 bridgehead atoms. The van der Waals surface area contributed by atoms with Crippen LogP contribution in [0.15, 0.2) is 18.2 Å². The molecule has 0 aliphatic carbocycles. The van der Waals surface area contributed by atoms with Crippen LogP contribution in [-0.4, -0.2) is 48.7 Å². The van der Waals surface area contributed by atoms with Crippen molar-refractivity contribution in [1.82, 2.24) is 4.90 Å². The fourth-order valence-electron chi connectivity index (χ4n) is 2.74. The Labute approximate surface area is 142 Å². The first-order valence-corrected chi connectivity index (χ1v) is 8.35. The van der Waals surface area contributed by atoms with Crippen LogP contribution in [0.4, 0.5) is 0 Å². The van der Waals surface area contributed by atoms with Crippen molar-refractivity contribution in [3.8, 4) is 11.5 Å². The summed E-state index contributed by atoms with van der Waals surface area (Å²) in [7, 11) is 1.61. The van der Waals surface area contributed by atoms with E-state index in [9.17, 15) is 9.59 Å². The number of carbonyl (C=O) groups is 2. The molecule has 1 amide bonds. The molecule has 0 radical (unpaired) electrons. The number of unbranched alkanes of at least 4 members (excludes halogenated alkanes) is 1. The molecule has 0 saturated carbocycles. The number of benzene rings is 1. The van der Waals surface area contributed by atoms with E-state index < -0.39 is 11.9 Å². The van der Waals surface area contributed by atoms with Crippen molar-refractivity contribution in [3.05, 3.63) is 23.8 Å². The van der Waals surface area contributed by atoms with Gasteiger partial charge in [-0.1, -0.05) is 19.4 Å². The maximum absolute atomic E-state index is 11.9. The highest BCUT2D eigenvalue weighted by molar-refractivity contribution is 5.86. The number of hydrogen-bond acceptors (Lipinski definition) is 4. The van der Waals surface area contributed by atoms with Gasteiger partial charge in [-0.2, -0.15) is 0 Å². The molecule has 2 rings (SSSR count). The van der Waals surface area contributed by atoms with Gasteiger partial charge < -0.3 is 19.5 Å². The Morgan fingerprint density at radius 1 is 1.42 bits per heavy atom. The van der Waals surface area contributed by atoms with Gasteiger partial charge in [-0.05, 0) is 24.5 Å². The number of carbonyl (C=O) groups excluding carboxylic acids is 1. The number of methoxy groups -OCH3 is 1. The van der Waals surface area contributed by atoms with Crippen LogP contribution < -0.4 is 9.47 Å². The van der Waals surface area contributed by atoms with Gasteiger partial charge in [-0.15, -0.1) is 0 Å². The summed E-state index contributed by atoms with van der Waals surface area (Å²) < 4.78 is 11.1. The molecular formula is C18H25NO5. The van der Waals surface area contributed by atoms with Crippen molar-refractivity contribution < 1.29 is 24.2 Å². The Morgan fingerprint density at radius 2 is 2.21 bits per heavy atom. The van der Waals surface area contributed by atoms with Gasteiger partial charge in [-0.25, -0.2) is 0 Å². The highest BCUT2D eigenvalue weighted by Crippen LogP contribution is 2.27. The number of hydrogen-bond donors (Lipinski definition) is 1. The molecule has 1 saturated heterocycles. The van der Waals surface area contributed by atoms with E-state index in [1.165, 1.54) is 0 Å². The number of carboxylic acid groups (broad SMARTS) is 1. The van der Waals surface area contributed by atoms with E-state index in [4.69, 9.17) is 14.6 Å². The normalized spacial score (nSPS) is 17.2. The van der Waals surface area contributed by atoms with Gasteiger partial charge in [0.05, 0.1) is 19.6 Å². The molecular weight excluding hydrogens is 310 g/mol. The van der Waals surface area contributed by atoms with Crippen LogP contribution in [0, 0.1) is 5.92 Å². The summed E-state index contributed by atoms with van der Waals surface area (Å²) in [5.74, 6) is -0.0884. The highest BCUT2D eigenvalue weighted by atomic mass is 16.5. The smallest absolute Gasteiger partial charge is 0.308 e. The van der Waals surface area contributed by atoms with Gasteiger partial charge >= 0.3 is 5.97 Å². The molecule has 6 heteroatoms. The number of amides is 1. The van der Waals surface area contributed by atoms with E-state index in [-0.39, 0.29) is 18.9 Å². The van der Waals surface area contributed by atoms with Crippen LogP contribution in [0.1, 0.15) is 31.7 Å². The molecule has 24 heavy (non-hydrogen) atoms. The Bertz CT molecular complexity index is 587. The van der Waals surface area contributed by atoms with Gasteiger partial charge in [-0.3, -0.25) is 9.59 Å². The number of nitrogens with zero attached hydrogens (tertiary/aromatic N) is 1. The molecule has 1 aliphatic rings. The van der Waals surface area contributed by atoms with Gasteiger partial charge in [0, 0.05) is 25.6 Å². The third-order valence-corrected chi connectivity index (χ3v) is 4.24. The summed E-state index contributed by atoms with van der Waals surface area (Å²) in [6.07, 6.45) is 2.75. The van der Waals surface area contributed by atoms with Crippen molar-refractivity contribution in [1.29, 1.82) is 0 Å². The summed E-state index contributed by atoms with van der Waals surface area (Å²) >= 11 is 0. The molecule has 0 spiro atoms. The summed E-state index contributed by atoms with van der Waals surface area (Å²) in [6, 6.07) is 5.67. The second-order valence-electron chi connectivity index (χ2n) is 6.00. The van der Waals surface area contributed by atoms with E-state index in [0.717, 1.165) is 29.9 Å². The monoisotopic (exact) mass is 335 g/mol. The fraction of sp³-hybridized carbons (Fsp3) is 0.556. The van der Waals surface area contributed by atoms with E-state index >= 15 is 0 Å². The second kappa shape index (κ2) is 8.57. The summed E-state index contributed by atoms with van der Waals surface area (Å²) in [6.45, 7) is 3.53. The number of likely N-dealkylation sites (tertiary alicyclic amines) is 1. The molecule has 1 N–H and O–H groups in total. The number of carboxylic acids is 1. The zero-order valence-corrected chi connectivity index (χ0v) is 14.3. The largest absolute Gasteiger partial charge is 0.497 e. The lowest BCUT2D eigenvalue weighted by atomic mass is 10.1. The topological polar surface area (TPSA) is 76.1 Å². The molecule has 1 heterocycles. The number of aliphatic carboxylic acids is 1. The summed E-state index contributed by atoms with van der Waals surface area (Å²) in [5, 5.41) is 9.04. The standard InChI is InChI=1S/C18H25NO5/c1-3-4-9-24-16-11-15(23-2)6-5-13(16)7-8-19-12-14(18(21)22)10-17(19)20/h5-6,11,14H,3-4,7-10,12H2,1-2H3,(H,21,22). The minimum absolute atomic E-state index is 0.0932. The third-order valence-electron chi connectivity index (χ3n) is 4.24. The zero-order valence-electron chi connectivity index (χ0n) is 14.3. The lowest BCUT2D eigenvalue weighted by Crippen LogP contribution is -2.28. The number of ether oxygens (including phenoxy) is 2. The molecule has 1 aromatic carbocycles. The van der Waals surface area contributed by atoms with Crippen molar-refractivity contribution in [3.63, 3.8) is 0 Å². The SMILES string of the molecule is CCCCOc1cc(OC)ccc1CCN1CC(C(=O)O)CC1=O. The summed E-state index contributed by atoms with van der Waals surface area (Å²) in [5.41, 5.74) is 0.999. The first-order chi connectivity index (χ1) is 11.5. The zero-order chi connectivity index (χ0) is 17.5. The maximum atomic E-state index is 11.9. The van der Waals surface area contributed by atoms with Crippen LogP contribution in [0.3, 0.4) is 0 Å². The minimum Gasteiger partial charge on any atom is -0.497 e. The minimum atomic E-state index is -0.904. The molecule has 0 aromatic heterocycles. The quantitative estimate of drug-likeness (QED) is 0.701. The summed E-state index contributed by atoms with van der Waals surface area (Å²) in [4.78, 5) is 24.6. The number of rotatable bonds is 9. The lowest BCUT2D eigenvalue weighted by molar-refractivity contribution is -0.141. The maximum Gasteiger partial charge on any atom is 0.308 e. The molecule has 132 valence electrons. The Kier molecular flexibility index (Phi) is 6.46. The van der Waals surface area contributed by atoms with Crippen LogP contribution in [0.25, 0.3) is 0 Å². The van der Waals surface area contributed by atoms with E-state index in [2.05, 4.69) is 6.92 Å². The Balaban J connectivity index is 2.00. The van der Waals surface area contributed by atoms with Crippen molar-refractivity contribution in [2.45, 2.75) is 32.6 Å². The first kappa shape index (κ1) is 18.1. The molecule has 1 fully saturated rings. The predicted molar refractivity (Wildman–Crippen MR) is 89.4 cm³/mol. The van der Waals surface area contributed by atoms with E-state index in [1.54, 1.807) is 12.0 Å². The fourth-order valence-corrected chi connectivity index (χ4v) is 2.74. The highest BCUT2D eigenvalue weighted by Gasteiger charge is 2.33. The molecule has 6 nitrogen and oxygen atoms in total.